The van der Waals surface area contributed by atoms with Crippen molar-refractivity contribution in [2.24, 2.45) is 11.8 Å². The highest BCUT2D eigenvalue weighted by Gasteiger charge is 2.27. The first-order valence-corrected chi connectivity index (χ1v) is 10.6. The quantitative estimate of drug-likeness (QED) is 0.715. The minimum Gasteiger partial charge on any atom is -0.342 e. The SMILES string of the molecule is CC(CC(=O)N1CCCN(CC(=O)N2CCCC2)CC1)C1CCNCC1.Cl.Cl. The molecule has 164 valence electrons. The van der Waals surface area contributed by atoms with E-state index in [-0.39, 0.29) is 30.7 Å². The van der Waals surface area contributed by atoms with Crippen molar-refractivity contribution in [1.29, 1.82) is 0 Å². The summed E-state index contributed by atoms with van der Waals surface area (Å²) in [6.07, 6.45) is 6.33. The van der Waals surface area contributed by atoms with Crippen LogP contribution in [0.1, 0.15) is 45.4 Å². The standard InChI is InChI=1S/C20H36N4O2.2ClH/c1-17(18-5-7-21-8-6-18)15-19(25)24-12-4-9-22(13-14-24)16-20(26)23-10-2-3-11-23;;/h17-18,21H,2-16H2,1H3;2*1H. The third-order valence-corrected chi connectivity index (χ3v) is 6.44. The number of halogens is 2. The summed E-state index contributed by atoms with van der Waals surface area (Å²) in [6, 6.07) is 0. The fourth-order valence-electron chi connectivity index (χ4n) is 4.62. The van der Waals surface area contributed by atoms with Gasteiger partial charge in [-0.15, -0.1) is 24.8 Å². The van der Waals surface area contributed by atoms with Gasteiger partial charge in [0, 0.05) is 45.7 Å². The van der Waals surface area contributed by atoms with Gasteiger partial charge in [-0.05, 0) is 57.0 Å². The molecule has 1 atom stereocenters. The van der Waals surface area contributed by atoms with Crippen LogP contribution < -0.4 is 5.32 Å². The molecule has 6 nitrogen and oxygen atoms in total. The number of piperidine rings is 1. The van der Waals surface area contributed by atoms with Gasteiger partial charge in [-0.3, -0.25) is 14.5 Å². The van der Waals surface area contributed by atoms with Gasteiger partial charge in [0.25, 0.3) is 0 Å². The van der Waals surface area contributed by atoms with Gasteiger partial charge in [0.2, 0.25) is 11.8 Å². The molecular formula is C20H38Cl2N4O2. The molecule has 2 amide bonds. The van der Waals surface area contributed by atoms with Crippen LogP contribution in [0.5, 0.6) is 0 Å². The highest BCUT2D eigenvalue weighted by Crippen LogP contribution is 2.25. The third-order valence-electron chi connectivity index (χ3n) is 6.44. The van der Waals surface area contributed by atoms with Gasteiger partial charge in [0.1, 0.15) is 0 Å². The zero-order valence-electron chi connectivity index (χ0n) is 17.2. The summed E-state index contributed by atoms with van der Waals surface area (Å²) in [5.41, 5.74) is 0. The smallest absolute Gasteiger partial charge is 0.236 e. The Bertz CT molecular complexity index is 483. The Morgan fingerprint density at radius 1 is 0.857 bits per heavy atom. The molecule has 0 radical (unpaired) electrons. The second kappa shape index (κ2) is 12.9. The molecule has 3 heterocycles. The van der Waals surface area contributed by atoms with E-state index >= 15 is 0 Å². The number of hydrogen-bond acceptors (Lipinski definition) is 4. The van der Waals surface area contributed by atoms with E-state index in [2.05, 4.69) is 17.1 Å². The van der Waals surface area contributed by atoms with Crippen LogP contribution in [0.4, 0.5) is 0 Å². The minimum absolute atomic E-state index is 0. The molecule has 28 heavy (non-hydrogen) atoms. The monoisotopic (exact) mass is 436 g/mol. The first-order chi connectivity index (χ1) is 12.6. The molecule has 0 spiro atoms. The van der Waals surface area contributed by atoms with E-state index < -0.39 is 0 Å². The zero-order chi connectivity index (χ0) is 18.4. The summed E-state index contributed by atoms with van der Waals surface area (Å²) in [4.78, 5) is 31.4. The molecule has 0 saturated carbocycles. The van der Waals surface area contributed by atoms with E-state index in [0.29, 0.717) is 30.7 Å². The van der Waals surface area contributed by atoms with E-state index in [1.165, 1.54) is 12.8 Å². The summed E-state index contributed by atoms with van der Waals surface area (Å²) in [6.45, 7) is 10.1. The maximum Gasteiger partial charge on any atom is 0.236 e. The van der Waals surface area contributed by atoms with Gasteiger partial charge in [-0.1, -0.05) is 6.92 Å². The Morgan fingerprint density at radius 3 is 2.14 bits per heavy atom. The molecule has 0 aromatic carbocycles. The van der Waals surface area contributed by atoms with Crippen molar-refractivity contribution in [3.8, 4) is 0 Å². The highest BCUT2D eigenvalue weighted by atomic mass is 35.5. The average Bonchev–Trinajstić information content (AvgIpc) is 3.10. The van der Waals surface area contributed by atoms with Crippen LogP contribution in [0.2, 0.25) is 0 Å². The molecular weight excluding hydrogens is 399 g/mol. The molecule has 3 aliphatic heterocycles. The van der Waals surface area contributed by atoms with Crippen LogP contribution in [-0.4, -0.2) is 85.4 Å². The van der Waals surface area contributed by atoms with Crippen molar-refractivity contribution in [3.05, 3.63) is 0 Å². The summed E-state index contributed by atoms with van der Waals surface area (Å²) >= 11 is 0. The largest absolute Gasteiger partial charge is 0.342 e. The molecule has 0 aliphatic carbocycles. The number of carbonyl (C=O) groups excluding carboxylic acids is 2. The maximum absolute atomic E-state index is 12.8. The number of amides is 2. The lowest BCUT2D eigenvalue weighted by molar-refractivity contribution is -0.132. The van der Waals surface area contributed by atoms with Gasteiger partial charge in [-0.2, -0.15) is 0 Å². The molecule has 0 aromatic heterocycles. The van der Waals surface area contributed by atoms with Crippen LogP contribution in [0.15, 0.2) is 0 Å². The van der Waals surface area contributed by atoms with Crippen LogP contribution >= 0.6 is 24.8 Å². The molecule has 3 rings (SSSR count). The Morgan fingerprint density at radius 2 is 1.46 bits per heavy atom. The van der Waals surface area contributed by atoms with E-state index in [4.69, 9.17) is 0 Å². The number of hydrogen-bond donors (Lipinski definition) is 1. The van der Waals surface area contributed by atoms with Gasteiger partial charge in [-0.25, -0.2) is 0 Å². The van der Waals surface area contributed by atoms with Crippen molar-refractivity contribution in [2.75, 3.05) is 58.9 Å². The van der Waals surface area contributed by atoms with Gasteiger partial charge >= 0.3 is 0 Å². The Balaban J connectivity index is 0.00000196. The van der Waals surface area contributed by atoms with Crippen molar-refractivity contribution < 1.29 is 9.59 Å². The van der Waals surface area contributed by atoms with E-state index in [1.54, 1.807) is 0 Å². The van der Waals surface area contributed by atoms with E-state index in [1.807, 2.05) is 9.80 Å². The number of likely N-dealkylation sites (tertiary alicyclic amines) is 1. The third kappa shape index (κ3) is 7.36. The van der Waals surface area contributed by atoms with Crippen LogP contribution in [0, 0.1) is 11.8 Å². The second-order valence-electron chi connectivity index (χ2n) is 8.37. The van der Waals surface area contributed by atoms with E-state index in [0.717, 1.165) is 71.6 Å². The molecule has 1 N–H and O–H groups in total. The first-order valence-electron chi connectivity index (χ1n) is 10.6. The molecule has 1 unspecified atom stereocenters. The lowest BCUT2D eigenvalue weighted by Crippen LogP contribution is -2.41. The van der Waals surface area contributed by atoms with E-state index in [9.17, 15) is 9.59 Å². The number of carbonyl (C=O) groups is 2. The van der Waals surface area contributed by atoms with Crippen LogP contribution in [0.25, 0.3) is 0 Å². The lowest BCUT2D eigenvalue weighted by Gasteiger charge is -2.30. The first kappa shape index (κ1) is 25.5. The highest BCUT2D eigenvalue weighted by molar-refractivity contribution is 5.85. The Labute approximate surface area is 182 Å². The average molecular weight is 437 g/mol. The predicted molar refractivity (Wildman–Crippen MR) is 117 cm³/mol. The van der Waals surface area contributed by atoms with Crippen molar-refractivity contribution in [2.45, 2.75) is 45.4 Å². The Kier molecular flexibility index (Phi) is 11.7. The molecule has 3 fully saturated rings. The second-order valence-corrected chi connectivity index (χ2v) is 8.37. The molecule has 3 saturated heterocycles. The molecule has 8 heteroatoms. The van der Waals surface area contributed by atoms with Gasteiger partial charge < -0.3 is 15.1 Å². The summed E-state index contributed by atoms with van der Waals surface area (Å²) in [5.74, 6) is 1.73. The fraction of sp³-hybridized carbons (Fsp3) is 0.900. The summed E-state index contributed by atoms with van der Waals surface area (Å²) in [7, 11) is 0. The summed E-state index contributed by atoms with van der Waals surface area (Å²) < 4.78 is 0. The summed E-state index contributed by atoms with van der Waals surface area (Å²) in [5, 5.41) is 3.40. The van der Waals surface area contributed by atoms with Crippen molar-refractivity contribution in [3.63, 3.8) is 0 Å². The number of nitrogens with one attached hydrogen (secondary N) is 1. The van der Waals surface area contributed by atoms with Crippen molar-refractivity contribution in [1.82, 2.24) is 20.0 Å². The van der Waals surface area contributed by atoms with Crippen LogP contribution in [-0.2, 0) is 9.59 Å². The number of nitrogens with zero attached hydrogens (tertiary/aromatic N) is 3. The maximum atomic E-state index is 12.8. The normalized spacial score (nSPS) is 22.8. The van der Waals surface area contributed by atoms with Gasteiger partial charge in [0.15, 0.2) is 0 Å². The molecule has 0 aromatic rings. The lowest BCUT2D eigenvalue weighted by atomic mass is 9.84. The topological polar surface area (TPSA) is 55.9 Å². The number of rotatable bonds is 5. The fourth-order valence-corrected chi connectivity index (χ4v) is 4.62. The zero-order valence-corrected chi connectivity index (χ0v) is 18.9. The Hall–Kier alpha value is -0.560. The van der Waals surface area contributed by atoms with Gasteiger partial charge in [0.05, 0.1) is 6.54 Å². The van der Waals surface area contributed by atoms with Crippen LogP contribution in [0.3, 0.4) is 0 Å². The molecule has 3 aliphatic rings. The predicted octanol–water partition coefficient (Wildman–Crippen LogP) is 2.01. The molecule has 0 bridgehead atoms. The van der Waals surface area contributed by atoms with Crippen molar-refractivity contribution >= 4 is 36.6 Å². The minimum atomic E-state index is 0.